The fourth-order valence-corrected chi connectivity index (χ4v) is 190. The van der Waals surface area contributed by atoms with Crippen molar-refractivity contribution < 1.29 is 13.0 Å². The van der Waals surface area contributed by atoms with E-state index in [0.717, 1.165) is 5.41 Å². The van der Waals surface area contributed by atoms with E-state index in [1.54, 1.807) is 106 Å². The third-order valence-electron chi connectivity index (χ3n) is 32.6. The van der Waals surface area contributed by atoms with E-state index < -0.39 is 13.0 Å². The second-order valence-corrected chi connectivity index (χ2v) is 69.6. The summed E-state index contributed by atoms with van der Waals surface area (Å²) < 4.78 is 2.49. The van der Waals surface area contributed by atoms with Gasteiger partial charge >= 0.3 is 160 Å². The molecule has 2 heteroatoms. The molecule has 0 aliphatic carbocycles. The number of rotatable bonds is 7. The molecule has 20 saturated heterocycles. The molecule has 20 rings (SSSR count). The van der Waals surface area contributed by atoms with E-state index in [1.165, 1.54) is 15.0 Å². The average molecular weight is 482 g/mol. The summed E-state index contributed by atoms with van der Waals surface area (Å²) >= 11 is 0. The summed E-state index contributed by atoms with van der Waals surface area (Å²) in [4.78, 5) is 28.6. The minimum absolute atomic E-state index is 1.03. The molecule has 0 radical (unpaired) electrons. The van der Waals surface area contributed by atoms with Crippen LogP contribution in [-0.2, 0) is 13.0 Å². The van der Waals surface area contributed by atoms with E-state index >= 15 is 0 Å². The van der Waals surface area contributed by atoms with Crippen LogP contribution in [0.3, 0.4) is 0 Å². The Morgan fingerprint density at radius 2 is 0.900 bits per heavy atom. The first kappa shape index (κ1) is 11.2. The Balaban J connectivity index is 1.04. The third kappa shape index (κ3) is 0.112. The Bertz CT molecular complexity index is 1850. The van der Waals surface area contributed by atoms with Gasteiger partial charge < -0.3 is 0 Å². The van der Waals surface area contributed by atoms with Gasteiger partial charge in [-0.05, 0) is 0 Å². The molecule has 0 aromatic heterocycles. The van der Waals surface area contributed by atoms with E-state index in [0.29, 0.717) is 0 Å². The van der Waals surface area contributed by atoms with Crippen molar-refractivity contribution in [3.05, 3.63) is 0 Å². The van der Waals surface area contributed by atoms with Crippen LogP contribution < -0.4 is 0 Å². The van der Waals surface area contributed by atoms with Crippen molar-refractivity contribution in [1.82, 2.24) is 0 Å². The molecular formula is C28H34Fe2. The van der Waals surface area contributed by atoms with Crippen LogP contribution in [0.1, 0.15) is 46.0 Å². The SMILES string of the molecule is CCCCCCC(C)([C]12[CH]3[CH]4[CH]5[CH]1[Fe]45321678[CH]2[CH]1[CH]6[CH]7[CH]28)[C]12[CH]3[CH]4[CH]5[CH]1[Fe]45321678[CH]2[CH]1[CH]6[CH]7[CH]28. The Hall–Kier alpha value is 1.04. The minimum atomic E-state index is -3.04. The van der Waals surface area contributed by atoms with Gasteiger partial charge in [0.25, 0.3) is 0 Å². The Morgan fingerprint density at radius 3 is 1.13 bits per heavy atom. The molecule has 0 amide bonds. The molecule has 0 aromatic rings. The zero-order valence-electron chi connectivity index (χ0n) is 18.1. The van der Waals surface area contributed by atoms with Gasteiger partial charge in [-0.2, -0.15) is 0 Å². The second-order valence-electron chi connectivity index (χ2n) is 22.5. The molecule has 0 N–H and O–H groups in total. The molecule has 30 heavy (non-hydrogen) atoms. The average Bonchev–Trinajstić information content (AvgIpc) is 3.64. The van der Waals surface area contributed by atoms with E-state index in [2.05, 4.69) is 13.8 Å². The Morgan fingerprint density at radius 1 is 0.533 bits per heavy atom. The van der Waals surface area contributed by atoms with Crippen LogP contribution in [0.25, 0.3) is 0 Å². The summed E-state index contributed by atoms with van der Waals surface area (Å²) in [6, 6.07) is 0. The topological polar surface area (TPSA) is 0 Å². The van der Waals surface area contributed by atoms with Gasteiger partial charge in [-0.15, -0.1) is 0 Å². The standard InChI is InChI=1S/C18H24.2C5H5.2Fe/c1-3-4-5-10-15-18(2,16-11-6-7-12-16)17-13-8-9-14-17;2*1-2-4-5-3-1;;/h6-9,11-14H,3-5,10,15H2,1-2H3;2*1-5H;;. The molecule has 8 atom stereocenters. The molecule has 20 fully saturated rings. The summed E-state index contributed by atoms with van der Waals surface area (Å²) in [5.41, 5.74) is 1.03. The van der Waals surface area contributed by atoms with Crippen LogP contribution in [0.4, 0.5) is 0 Å². The fourth-order valence-electron chi connectivity index (χ4n) is 37.1. The summed E-state index contributed by atoms with van der Waals surface area (Å²) in [5, 5.41) is 0. The summed E-state index contributed by atoms with van der Waals surface area (Å²) in [5.74, 6) is 0. The number of fused-ring (bicyclic) bond motifs is 20. The predicted molar refractivity (Wildman–Crippen MR) is 110 cm³/mol. The van der Waals surface area contributed by atoms with Crippen molar-refractivity contribution in [2.45, 2.75) is 141 Å². The zero-order valence-corrected chi connectivity index (χ0v) is 20.3. The van der Waals surface area contributed by atoms with Gasteiger partial charge in [-0.3, -0.25) is 0 Å². The molecule has 0 aromatic carbocycles. The number of hydrogen-bond acceptors (Lipinski definition) is 0. The molecule has 0 nitrogen and oxygen atoms in total. The van der Waals surface area contributed by atoms with Gasteiger partial charge in [0.1, 0.15) is 0 Å². The van der Waals surface area contributed by atoms with Crippen molar-refractivity contribution in [2.24, 2.45) is 5.41 Å². The summed E-state index contributed by atoms with van der Waals surface area (Å²) in [6.45, 7) is -0.385. The van der Waals surface area contributed by atoms with E-state index in [9.17, 15) is 0 Å². The van der Waals surface area contributed by atoms with Gasteiger partial charge in [0, 0.05) is 0 Å². The maximum absolute atomic E-state index is 3.24. The second kappa shape index (κ2) is 0.897. The van der Waals surface area contributed by atoms with Gasteiger partial charge in [-0.25, -0.2) is 0 Å². The van der Waals surface area contributed by atoms with Crippen molar-refractivity contribution >= 4 is 0 Å². The molecule has 20 heterocycles. The van der Waals surface area contributed by atoms with Crippen LogP contribution in [0, 0.1) is 5.41 Å². The maximum atomic E-state index is 3.24. The van der Waals surface area contributed by atoms with E-state index in [1.807, 2.05) is 6.42 Å². The van der Waals surface area contributed by atoms with Crippen molar-refractivity contribution in [3.63, 3.8) is 0 Å². The van der Waals surface area contributed by atoms with Gasteiger partial charge in [0.2, 0.25) is 0 Å². The van der Waals surface area contributed by atoms with Crippen LogP contribution in [0.2, 0.25) is 95.3 Å². The molecule has 20 aliphatic rings. The van der Waals surface area contributed by atoms with E-state index in [-0.39, 0.29) is 0 Å². The Kier molecular flexibility index (Phi) is 0.334. The quantitative estimate of drug-likeness (QED) is 0.251. The van der Waals surface area contributed by atoms with Crippen molar-refractivity contribution in [2.75, 3.05) is 0 Å². The van der Waals surface area contributed by atoms with Crippen LogP contribution in [-0.4, -0.2) is 0 Å². The first-order chi connectivity index (χ1) is 14.2. The predicted octanol–water partition coefficient (Wildman–Crippen LogP) is 9.48. The molecule has 20 aliphatic heterocycles. The Labute approximate surface area is 159 Å². The molecular weight excluding hydrogens is 448 g/mol. The van der Waals surface area contributed by atoms with Gasteiger partial charge in [0.05, 0.1) is 0 Å². The molecule has 0 bridgehead atoms. The monoisotopic (exact) mass is 482 g/mol. The normalized spacial score (nSPS) is 136. The zero-order chi connectivity index (χ0) is 18.1. The first-order valence-corrected chi connectivity index (χ1v) is 27.2. The van der Waals surface area contributed by atoms with Crippen molar-refractivity contribution in [3.8, 4) is 0 Å². The first-order valence-electron chi connectivity index (χ1n) is 14.6. The van der Waals surface area contributed by atoms with Gasteiger partial charge in [0.15, 0.2) is 0 Å². The molecule has 0 saturated carbocycles. The number of unbranched alkanes of at least 4 members (excludes halogenated alkanes) is 3. The van der Waals surface area contributed by atoms with Crippen molar-refractivity contribution in [1.29, 1.82) is 0 Å². The summed E-state index contributed by atoms with van der Waals surface area (Å²) in [7, 11) is 0. The molecule has 2 spiro atoms. The van der Waals surface area contributed by atoms with E-state index in [4.69, 9.17) is 0 Å². The molecule has 8 unspecified atom stereocenters. The number of hydrogen-bond donors (Lipinski definition) is 0. The van der Waals surface area contributed by atoms with Gasteiger partial charge in [-0.1, -0.05) is 0 Å². The van der Waals surface area contributed by atoms with Crippen LogP contribution >= 0.6 is 0 Å². The van der Waals surface area contributed by atoms with Crippen LogP contribution in [0.5, 0.6) is 0 Å². The fraction of sp³-hybridized carbons (Fsp3) is 1.00. The third-order valence-corrected chi connectivity index (χ3v) is 118. The molecule has 162 valence electrons. The summed E-state index contributed by atoms with van der Waals surface area (Å²) in [6.07, 6.45) is 8.16. The van der Waals surface area contributed by atoms with Crippen LogP contribution in [0.15, 0.2) is 0 Å².